The average Bonchev–Trinajstić information content (AvgIpc) is 2.99. The van der Waals surface area contributed by atoms with E-state index >= 15 is 0 Å². The summed E-state index contributed by atoms with van der Waals surface area (Å²) in [5, 5.41) is 0. The summed E-state index contributed by atoms with van der Waals surface area (Å²) < 4.78 is 21.6. The van der Waals surface area contributed by atoms with E-state index in [4.69, 9.17) is 30.4 Å². The molecule has 0 aliphatic carbocycles. The fraction of sp³-hybridized carbons (Fsp3) is 1.00. The highest BCUT2D eigenvalue weighted by Crippen LogP contribution is 2.22. The number of rotatable bonds is 3. The zero-order valence-electron chi connectivity index (χ0n) is 9.93. The van der Waals surface area contributed by atoms with Crippen LogP contribution < -0.4 is 11.5 Å². The van der Waals surface area contributed by atoms with Crippen molar-refractivity contribution in [3.8, 4) is 0 Å². The van der Waals surface area contributed by atoms with Crippen LogP contribution in [0.5, 0.6) is 0 Å². The van der Waals surface area contributed by atoms with Gasteiger partial charge in [0, 0.05) is 13.1 Å². The zero-order valence-corrected chi connectivity index (χ0v) is 9.93. The van der Waals surface area contributed by atoms with Gasteiger partial charge in [0.1, 0.15) is 0 Å². The molecule has 6 nitrogen and oxygen atoms in total. The highest BCUT2D eigenvalue weighted by molar-refractivity contribution is 4.73. The Balaban J connectivity index is 0.000000606. The van der Waals surface area contributed by atoms with Gasteiger partial charge in [-0.2, -0.15) is 0 Å². The van der Waals surface area contributed by atoms with Gasteiger partial charge in [-0.25, -0.2) is 0 Å². The molecule has 2 heterocycles. The molecule has 0 aromatic heterocycles. The van der Waals surface area contributed by atoms with Crippen molar-refractivity contribution in [1.82, 2.24) is 0 Å². The van der Waals surface area contributed by atoms with Gasteiger partial charge in [0.05, 0.1) is 25.4 Å². The Kier molecular flexibility index (Phi) is 6.18. The van der Waals surface area contributed by atoms with Gasteiger partial charge in [-0.15, -0.1) is 0 Å². The molecule has 16 heavy (non-hydrogen) atoms. The highest BCUT2D eigenvalue weighted by atomic mass is 16.8. The van der Waals surface area contributed by atoms with E-state index < -0.39 is 12.6 Å². The van der Waals surface area contributed by atoms with Crippen molar-refractivity contribution >= 4 is 0 Å². The fourth-order valence-corrected chi connectivity index (χ4v) is 1.47. The van der Waals surface area contributed by atoms with Gasteiger partial charge in [0.2, 0.25) is 12.6 Å². The molecule has 2 fully saturated rings. The van der Waals surface area contributed by atoms with Crippen LogP contribution in [0.4, 0.5) is 0 Å². The van der Waals surface area contributed by atoms with Gasteiger partial charge in [0.25, 0.3) is 0 Å². The molecule has 0 saturated carbocycles. The third kappa shape index (κ3) is 3.38. The Labute approximate surface area is 96.2 Å². The van der Waals surface area contributed by atoms with Gasteiger partial charge in [-0.05, 0) is 0 Å². The van der Waals surface area contributed by atoms with E-state index in [1.807, 2.05) is 13.8 Å². The molecule has 0 bridgehead atoms. The van der Waals surface area contributed by atoms with E-state index in [0.29, 0.717) is 26.3 Å². The molecule has 2 aliphatic heterocycles. The summed E-state index contributed by atoms with van der Waals surface area (Å²) in [7, 11) is 0. The van der Waals surface area contributed by atoms with Crippen LogP contribution in [0.1, 0.15) is 13.8 Å². The molecular weight excluding hydrogens is 212 g/mol. The van der Waals surface area contributed by atoms with Crippen molar-refractivity contribution in [2.45, 2.75) is 38.6 Å². The predicted molar refractivity (Wildman–Crippen MR) is 58.7 cm³/mol. The second kappa shape index (κ2) is 7.16. The summed E-state index contributed by atoms with van der Waals surface area (Å²) in [6.45, 7) is 5.89. The summed E-state index contributed by atoms with van der Waals surface area (Å²) in [5.74, 6) is 0. The predicted octanol–water partition coefficient (Wildman–Crippen LogP) is -0.587. The maximum absolute atomic E-state index is 5.45. The molecule has 4 unspecified atom stereocenters. The van der Waals surface area contributed by atoms with Gasteiger partial charge in [0.15, 0.2) is 0 Å². The molecule has 0 amide bonds. The van der Waals surface area contributed by atoms with Crippen molar-refractivity contribution in [2.75, 3.05) is 26.3 Å². The minimum atomic E-state index is -0.458. The average molecular weight is 234 g/mol. The van der Waals surface area contributed by atoms with Gasteiger partial charge >= 0.3 is 0 Å². The molecule has 0 radical (unpaired) electrons. The summed E-state index contributed by atoms with van der Waals surface area (Å²) >= 11 is 0. The lowest BCUT2D eigenvalue weighted by Gasteiger charge is -2.16. The van der Waals surface area contributed by atoms with Gasteiger partial charge in [-0.3, -0.25) is 0 Å². The molecule has 4 atom stereocenters. The fourth-order valence-electron chi connectivity index (χ4n) is 1.47. The van der Waals surface area contributed by atoms with Gasteiger partial charge in [-0.1, -0.05) is 13.8 Å². The standard InChI is InChI=1S/C8H16N2O4.C2H6/c9-1-5-3-11-7(13-5)8-12-4-6(2-10)14-8;1-2/h5-8H,1-4,9-10H2;1-2H3. The van der Waals surface area contributed by atoms with Gasteiger partial charge < -0.3 is 30.4 Å². The Hall–Kier alpha value is -0.240. The first-order chi connectivity index (χ1) is 7.83. The lowest BCUT2D eigenvalue weighted by Crippen LogP contribution is -2.31. The first-order valence-corrected chi connectivity index (χ1v) is 5.77. The summed E-state index contributed by atoms with van der Waals surface area (Å²) in [6, 6.07) is 0. The quantitative estimate of drug-likeness (QED) is 0.678. The van der Waals surface area contributed by atoms with Crippen LogP contribution in [0.15, 0.2) is 0 Å². The third-order valence-corrected chi connectivity index (χ3v) is 2.29. The van der Waals surface area contributed by atoms with Crippen LogP contribution in [-0.4, -0.2) is 51.1 Å². The summed E-state index contributed by atoms with van der Waals surface area (Å²) in [4.78, 5) is 0. The normalized spacial score (nSPS) is 38.2. The van der Waals surface area contributed by atoms with Crippen molar-refractivity contribution in [3.05, 3.63) is 0 Å². The van der Waals surface area contributed by atoms with E-state index in [9.17, 15) is 0 Å². The molecule has 2 saturated heterocycles. The van der Waals surface area contributed by atoms with Crippen LogP contribution in [0.3, 0.4) is 0 Å². The number of hydrogen-bond donors (Lipinski definition) is 2. The van der Waals surface area contributed by atoms with Crippen LogP contribution in [0.2, 0.25) is 0 Å². The van der Waals surface area contributed by atoms with E-state index in [-0.39, 0.29) is 12.2 Å². The third-order valence-electron chi connectivity index (χ3n) is 2.29. The summed E-state index contributed by atoms with van der Waals surface area (Å²) in [6.07, 6.45) is -1.02. The number of nitrogens with two attached hydrogens (primary N) is 2. The number of hydrogen-bond acceptors (Lipinski definition) is 6. The first kappa shape index (κ1) is 13.8. The summed E-state index contributed by atoms with van der Waals surface area (Å²) in [5.41, 5.74) is 10.9. The molecule has 0 spiro atoms. The van der Waals surface area contributed by atoms with Crippen LogP contribution >= 0.6 is 0 Å². The molecule has 96 valence electrons. The van der Waals surface area contributed by atoms with Crippen molar-refractivity contribution in [3.63, 3.8) is 0 Å². The molecule has 2 aliphatic rings. The molecule has 0 aromatic rings. The van der Waals surface area contributed by atoms with Crippen LogP contribution in [0.25, 0.3) is 0 Å². The highest BCUT2D eigenvalue weighted by Gasteiger charge is 2.38. The van der Waals surface area contributed by atoms with Crippen LogP contribution in [0, 0.1) is 0 Å². The Morgan fingerprint density at radius 1 is 0.875 bits per heavy atom. The lowest BCUT2D eigenvalue weighted by molar-refractivity contribution is -0.212. The number of ether oxygens (including phenoxy) is 4. The molecule has 0 aromatic carbocycles. The monoisotopic (exact) mass is 234 g/mol. The topological polar surface area (TPSA) is 89.0 Å². The minimum absolute atomic E-state index is 0.0517. The Morgan fingerprint density at radius 2 is 1.25 bits per heavy atom. The second-order valence-electron chi connectivity index (χ2n) is 3.39. The molecule has 4 N–H and O–H groups in total. The first-order valence-electron chi connectivity index (χ1n) is 5.77. The molecule has 6 heteroatoms. The van der Waals surface area contributed by atoms with Crippen molar-refractivity contribution in [1.29, 1.82) is 0 Å². The van der Waals surface area contributed by atoms with Crippen LogP contribution in [-0.2, 0) is 18.9 Å². The zero-order chi connectivity index (χ0) is 12.0. The van der Waals surface area contributed by atoms with Crippen molar-refractivity contribution in [2.24, 2.45) is 11.5 Å². The maximum atomic E-state index is 5.45. The molecule has 2 rings (SSSR count). The second-order valence-corrected chi connectivity index (χ2v) is 3.39. The van der Waals surface area contributed by atoms with E-state index in [2.05, 4.69) is 0 Å². The van der Waals surface area contributed by atoms with E-state index in [1.54, 1.807) is 0 Å². The SMILES string of the molecule is CC.NCC1COC(C2OCC(CN)O2)O1. The Morgan fingerprint density at radius 3 is 1.50 bits per heavy atom. The van der Waals surface area contributed by atoms with Crippen molar-refractivity contribution < 1.29 is 18.9 Å². The van der Waals surface area contributed by atoms with E-state index in [1.165, 1.54) is 0 Å². The maximum Gasteiger partial charge on any atom is 0.209 e. The minimum Gasteiger partial charge on any atom is -0.345 e. The lowest BCUT2D eigenvalue weighted by atomic mass is 10.4. The molecular formula is C10H22N2O4. The smallest absolute Gasteiger partial charge is 0.209 e. The Bertz CT molecular complexity index is 174. The largest absolute Gasteiger partial charge is 0.345 e. The van der Waals surface area contributed by atoms with E-state index in [0.717, 1.165) is 0 Å².